The van der Waals surface area contributed by atoms with Crippen molar-refractivity contribution in [3.05, 3.63) is 53.6 Å². The van der Waals surface area contributed by atoms with Crippen LogP contribution in [-0.4, -0.2) is 42.4 Å². The molecule has 4 rings (SSSR count). The molecule has 2 aliphatic heterocycles. The maximum Gasteiger partial charge on any atom is 0.256 e. The van der Waals surface area contributed by atoms with Crippen molar-refractivity contribution in [2.24, 2.45) is 0 Å². The minimum Gasteiger partial charge on any atom is -0.324 e. The van der Waals surface area contributed by atoms with E-state index in [0.29, 0.717) is 36.4 Å². The molecule has 0 radical (unpaired) electrons. The molecule has 2 N–H and O–H groups in total. The lowest BCUT2D eigenvalue weighted by molar-refractivity contribution is -0.120. The molecule has 128 valence electrons. The van der Waals surface area contributed by atoms with Gasteiger partial charge < -0.3 is 15.5 Å². The fourth-order valence-electron chi connectivity index (χ4n) is 3.27. The lowest BCUT2D eigenvalue weighted by Crippen LogP contribution is -2.57. The highest BCUT2D eigenvalue weighted by Crippen LogP contribution is 2.30. The first-order valence-corrected chi connectivity index (χ1v) is 7.96. The van der Waals surface area contributed by atoms with E-state index in [-0.39, 0.29) is 17.4 Å². The van der Waals surface area contributed by atoms with E-state index >= 15 is 0 Å². The molecule has 0 aromatic heterocycles. The van der Waals surface area contributed by atoms with E-state index < -0.39 is 17.7 Å². The van der Waals surface area contributed by atoms with Crippen molar-refractivity contribution in [2.45, 2.75) is 6.04 Å². The van der Waals surface area contributed by atoms with Crippen LogP contribution in [0.3, 0.4) is 0 Å². The number of rotatable bonds is 1. The van der Waals surface area contributed by atoms with Gasteiger partial charge in [0.1, 0.15) is 17.7 Å². The molecule has 2 aliphatic rings. The first kappa shape index (κ1) is 15.7. The van der Waals surface area contributed by atoms with Gasteiger partial charge >= 0.3 is 0 Å². The minimum absolute atomic E-state index is 0.199. The summed E-state index contributed by atoms with van der Waals surface area (Å²) >= 11 is 0. The van der Waals surface area contributed by atoms with Crippen LogP contribution in [0.15, 0.2) is 36.4 Å². The molecular weight excluding hydrogens is 328 g/mol. The summed E-state index contributed by atoms with van der Waals surface area (Å²) in [6, 6.07) is 7.45. The highest BCUT2D eigenvalue weighted by molar-refractivity contribution is 6.10. The summed E-state index contributed by atoms with van der Waals surface area (Å²) in [6.45, 7) is 1.42. The standard InChI is InChI=1S/C18H15F2N3O2/c19-11-2-3-12(14(20)8-11)10-1-4-15-13(7-10)18(25)23-6-5-21-9-16(23)17(24)22-15/h1-4,7-8,16,21H,5-6,9H2,(H,22,24). The number of amides is 2. The maximum absolute atomic E-state index is 14.1. The average Bonchev–Trinajstić information content (AvgIpc) is 2.71. The Hall–Kier alpha value is -2.80. The fourth-order valence-corrected chi connectivity index (χ4v) is 3.27. The van der Waals surface area contributed by atoms with Gasteiger partial charge in [0.15, 0.2) is 0 Å². The number of carbonyl (C=O) groups is 2. The molecule has 1 fully saturated rings. The molecule has 7 heteroatoms. The molecule has 2 heterocycles. The zero-order valence-corrected chi connectivity index (χ0v) is 13.2. The van der Waals surface area contributed by atoms with Crippen LogP contribution in [0.25, 0.3) is 11.1 Å². The van der Waals surface area contributed by atoms with Crippen LogP contribution in [0.4, 0.5) is 14.5 Å². The third-order valence-corrected chi connectivity index (χ3v) is 4.56. The Morgan fingerprint density at radius 3 is 2.68 bits per heavy atom. The largest absolute Gasteiger partial charge is 0.324 e. The van der Waals surface area contributed by atoms with Crippen LogP contribution in [-0.2, 0) is 4.79 Å². The van der Waals surface area contributed by atoms with E-state index in [1.165, 1.54) is 17.0 Å². The van der Waals surface area contributed by atoms with Crippen LogP contribution in [0.2, 0.25) is 0 Å². The van der Waals surface area contributed by atoms with Crippen LogP contribution in [0.1, 0.15) is 10.4 Å². The van der Waals surface area contributed by atoms with Gasteiger partial charge in [0, 0.05) is 31.3 Å². The molecule has 0 bridgehead atoms. The number of hydrogen-bond donors (Lipinski definition) is 2. The van der Waals surface area contributed by atoms with Crippen molar-refractivity contribution >= 4 is 17.5 Å². The van der Waals surface area contributed by atoms with Gasteiger partial charge in [-0.2, -0.15) is 0 Å². The number of nitrogens with one attached hydrogen (secondary N) is 2. The highest BCUT2D eigenvalue weighted by atomic mass is 19.1. The van der Waals surface area contributed by atoms with Crippen LogP contribution in [0, 0.1) is 11.6 Å². The van der Waals surface area contributed by atoms with E-state index in [0.717, 1.165) is 6.07 Å². The lowest BCUT2D eigenvalue weighted by Gasteiger charge is -2.33. The molecule has 25 heavy (non-hydrogen) atoms. The van der Waals surface area contributed by atoms with Crippen molar-refractivity contribution in [2.75, 3.05) is 25.0 Å². The van der Waals surface area contributed by atoms with Crippen LogP contribution < -0.4 is 10.6 Å². The number of carbonyl (C=O) groups excluding carboxylic acids is 2. The minimum atomic E-state index is -0.704. The first-order chi connectivity index (χ1) is 12.0. The van der Waals surface area contributed by atoms with Gasteiger partial charge in [-0.3, -0.25) is 9.59 Å². The molecular formula is C18H15F2N3O2. The van der Waals surface area contributed by atoms with Gasteiger partial charge in [-0.25, -0.2) is 8.78 Å². The Bertz CT molecular complexity index is 885. The average molecular weight is 343 g/mol. The molecule has 0 spiro atoms. The van der Waals surface area contributed by atoms with Gasteiger partial charge in [-0.1, -0.05) is 6.07 Å². The first-order valence-electron chi connectivity index (χ1n) is 7.96. The van der Waals surface area contributed by atoms with Gasteiger partial charge in [0.2, 0.25) is 5.91 Å². The van der Waals surface area contributed by atoms with Crippen molar-refractivity contribution in [1.29, 1.82) is 0 Å². The van der Waals surface area contributed by atoms with Crippen LogP contribution >= 0.6 is 0 Å². The Kier molecular flexibility index (Phi) is 3.73. The number of piperazine rings is 1. The monoisotopic (exact) mass is 343 g/mol. The van der Waals surface area contributed by atoms with Gasteiger partial charge in [-0.15, -0.1) is 0 Å². The molecule has 2 aromatic carbocycles. The summed E-state index contributed by atoms with van der Waals surface area (Å²) in [5.74, 6) is -1.89. The molecule has 5 nitrogen and oxygen atoms in total. The number of nitrogens with zero attached hydrogens (tertiary/aromatic N) is 1. The Balaban J connectivity index is 1.80. The summed E-state index contributed by atoms with van der Waals surface area (Å²) in [7, 11) is 0. The Labute approximate surface area is 142 Å². The number of halogens is 2. The molecule has 2 amide bonds. The van der Waals surface area contributed by atoms with E-state index in [1.807, 2.05) is 0 Å². The van der Waals surface area contributed by atoms with Crippen LogP contribution in [0.5, 0.6) is 0 Å². The van der Waals surface area contributed by atoms with Crippen molar-refractivity contribution in [1.82, 2.24) is 10.2 Å². The zero-order valence-electron chi connectivity index (χ0n) is 13.2. The lowest BCUT2D eigenvalue weighted by atomic mass is 10.0. The Morgan fingerprint density at radius 2 is 1.88 bits per heavy atom. The molecule has 1 saturated heterocycles. The number of anilines is 1. The topological polar surface area (TPSA) is 61.4 Å². The molecule has 0 aliphatic carbocycles. The predicted octanol–water partition coefficient (Wildman–Crippen LogP) is 2.00. The second-order valence-electron chi connectivity index (χ2n) is 6.09. The van der Waals surface area contributed by atoms with E-state index in [1.54, 1.807) is 18.2 Å². The van der Waals surface area contributed by atoms with Gasteiger partial charge in [0.25, 0.3) is 5.91 Å². The molecule has 0 saturated carbocycles. The summed E-state index contributed by atoms with van der Waals surface area (Å²) in [6.07, 6.45) is 0. The zero-order chi connectivity index (χ0) is 17.6. The third-order valence-electron chi connectivity index (χ3n) is 4.56. The van der Waals surface area contributed by atoms with E-state index in [4.69, 9.17) is 0 Å². The Morgan fingerprint density at radius 1 is 1.04 bits per heavy atom. The highest BCUT2D eigenvalue weighted by Gasteiger charge is 2.36. The maximum atomic E-state index is 14.1. The van der Waals surface area contributed by atoms with Crippen molar-refractivity contribution in [3.8, 4) is 11.1 Å². The number of hydrogen-bond acceptors (Lipinski definition) is 3. The summed E-state index contributed by atoms with van der Waals surface area (Å²) in [5, 5.41) is 5.86. The summed E-state index contributed by atoms with van der Waals surface area (Å²) in [5.41, 5.74) is 1.35. The summed E-state index contributed by atoms with van der Waals surface area (Å²) in [4.78, 5) is 26.8. The predicted molar refractivity (Wildman–Crippen MR) is 88.1 cm³/mol. The SMILES string of the molecule is O=C1Nc2ccc(-c3ccc(F)cc3F)cc2C(=O)N2CCNCC12. The molecule has 1 atom stereocenters. The molecule has 2 aromatic rings. The second-order valence-corrected chi connectivity index (χ2v) is 6.09. The summed E-state index contributed by atoms with van der Waals surface area (Å²) < 4.78 is 27.2. The third kappa shape index (κ3) is 2.66. The quantitative estimate of drug-likeness (QED) is 0.833. The van der Waals surface area contributed by atoms with Crippen molar-refractivity contribution < 1.29 is 18.4 Å². The second kappa shape index (κ2) is 5.93. The van der Waals surface area contributed by atoms with Crippen molar-refractivity contribution in [3.63, 3.8) is 0 Å². The molecule has 1 unspecified atom stereocenters. The normalized spacial score (nSPS) is 19.8. The number of fused-ring (bicyclic) bond motifs is 2. The fraction of sp³-hybridized carbons (Fsp3) is 0.222. The van der Waals surface area contributed by atoms with E-state index in [9.17, 15) is 18.4 Å². The number of benzene rings is 2. The van der Waals surface area contributed by atoms with E-state index in [2.05, 4.69) is 10.6 Å². The van der Waals surface area contributed by atoms with Gasteiger partial charge in [0.05, 0.1) is 11.3 Å². The van der Waals surface area contributed by atoms with Gasteiger partial charge in [-0.05, 0) is 29.8 Å². The smallest absolute Gasteiger partial charge is 0.256 e.